The summed E-state index contributed by atoms with van der Waals surface area (Å²) in [5.74, 6) is 0.292. The van der Waals surface area contributed by atoms with Gasteiger partial charge in [-0.2, -0.15) is 0 Å². The summed E-state index contributed by atoms with van der Waals surface area (Å²) >= 11 is 0. The van der Waals surface area contributed by atoms with Crippen LogP contribution in [-0.2, 0) is 21.1 Å². The fourth-order valence-electron chi connectivity index (χ4n) is 4.79. The molecule has 1 N–H and O–H groups in total. The van der Waals surface area contributed by atoms with Crippen molar-refractivity contribution in [1.29, 1.82) is 0 Å². The Morgan fingerprint density at radius 2 is 1.58 bits per heavy atom. The molecule has 1 aliphatic heterocycles. The van der Waals surface area contributed by atoms with E-state index in [0.29, 0.717) is 22.1 Å². The van der Waals surface area contributed by atoms with Crippen molar-refractivity contribution in [3.63, 3.8) is 0 Å². The largest absolute Gasteiger partial charge is 0.332 e. The van der Waals surface area contributed by atoms with Crippen LogP contribution in [0.5, 0.6) is 0 Å². The van der Waals surface area contributed by atoms with E-state index in [9.17, 15) is 18.0 Å². The van der Waals surface area contributed by atoms with E-state index in [4.69, 9.17) is 0 Å². The number of carbonyl (C=O) groups excluding carboxylic acids is 2. The number of amides is 2. The number of carbonyl (C=O) groups is 2. The van der Waals surface area contributed by atoms with Crippen molar-refractivity contribution in [3.05, 3.63) is 95.6 Å². The van der Waals surface area contributed by atoms with Gasteiger partial charge in [0, 0.05) is 19.2 Å². The van der Waals surface area contributed by atoms with E-state index in [1.807, 2.05) is 23.1 Å². The van der Waals surface area contributed by atoms with Crippen LogP contribution in [0.2, 0.25) is 0 Å². The third-order valence-corrected chi connectivity index (χ3v) is 8.81. The van der Waals surface area contributed by atoms with Crippen LogP contribution < -0.4 is 5.32 Å². The van der Waals surface area contributed by atoms with E-state index in [1.54, 1.807) is 48.5 Å². The van der Waals surface area contributed by atoms with Crippen LogP contribution in [0.3, 0.4) is 0 Å². The topological polar surface area (TPSA) is 83.5 Å². The number of likely N-dealkylation sites (tertiary alicyclic amines) is 1. The smallest absolute Gasteiger partial charge is 0.254 e. The molecule has 1 unspecified atom stereocenters. The van der Waals surface area contributed by atoms with E-state index in [2.05, 4.69) is 17.4 Å². The minimum absolute atomic E-state index is 0. The predicted molar refractivity (Wildman–Crippen MR) is 142 cm³/mol. The number of rotatable bonds is 8. The zero-order valence-corrected chi connectivity index (χ0v) is 20.9. The summed E-state index contributed by atoms with van der Waals surface area (Å²) in [5.41, 5.74) is 3.10. The lowest BCUT2D eigenvalue weighted by Gasteiger charge is -2.25. The number of nitrogens with zero attached hydrogens (tertiary/aromatic N) is 1. The molecule has 6 nitrogen and oxygen atoms in total. The van der Waals surface area contributed by atoms with Crippen molar-refractivity contribution in [2.45, 2.75) is 43.0 Å². The number of hydrogen-bond donors (Lipinski definition) is 1. The maximum Gasteiger partial charge on any atom is 0.254 e. The van der Waals surface area contributed by atoms with Crippen LogP contribution in [-0.4, -0.2) is 37.4 Å². The molecule has 3 aromatic rings. The van der Waals surface area contributed by atoms with Gasteiger partial charge in [0.15, 0.2) is 9.84 Å². The predicted octanol–water partition coefficient (Wildman–Crippen LogP) is 5.27. The fraction of sp³-hybridized carbons (Fsp3) is 0.310. The van der Waals surface area contributed by atoms with Crippen molar-refractivity contribution in [1.82, 2.24) is 4.90 Å². The summed E-state index contributed by atoms with van der Waals surface area (Å²) in [5, 5.41) is 2.86. The van der Waals surface area contributed by atoms with Crippen molar-refractivity contribution >= 4 is 27.3 Å². The minimum atomic E-state index is -3.26. The second-order valence-corrected chi connectivity index (χ2v) is 11.8. The van der Waals surface area contributed by atoms with Gasteiger partial charge in [-0.25, -0.2) is 8.42 Å². The van der Waals surface area contributed by atoms with E-state index in [-0.39, 0.29) is 31.5 Å². The lowest BCUT2D eigenvalue weighted by Crippen LogP contribution is -2.30. The Balaban J connectivity index is 0.00000320. The molecule has 0 spiro atoms. The van der Waals surface area contributed by atoms with Crippen molar-refractivity contribution < 1.29 is 19.4 Å². The molecule has 188 valence electrons. The van der Waals surface area contributed by atoms with E-state index >= 15 is 0 Å². The highest BCUT2D eigenvalue weighted by molar-refractivity contribution is 7.91. The van der Waals surface area contributed by atoms with Crippen LogP contribution >= 0.6 is 0 Å². The SMILES string of the molecule is O=C(Cc1ccc(S(=O)(=O)CC2CC2)cc1)Nc1ccc(C(=O)N2CCCC2c2ccccc2)cc1.[HH]. The summed E-state index contributed by atoms with van der Waals surface area (Å²) in [6.45, 7) is 0.734. The van der Waals surface area contributed by atoms with Gasteiger partial charge in [-0.05, 0) is 79.1 Å². The summed E-state index contributed by atoms with van der Waals surface area (Å²) in [6.07, 6.45) is 4.04. The summed E-state index contributed by atoms with van der Waals surface area (Å²) in [6, 6.07) is 23.7. The lowest BCUT2D eigenvalue weighted by molar-refractivity contribution is -0.115. The van der Waals surface area contributed by atoms with Crippen LogP contribution in [0, 0.1) is 5.92 Å². The van der Waals surface area contributed by atoms with Gasteiger partial charge in [0.2, 0.25) is 5.91 Å². The lowest BCUT2D eigenvalue weighted by atomic mass is 10.0. The molecular weight excluding hydrogens is 472 g/mol. The Labute approximate surface area is 213 Å². The quantitative estimate of drug-likeness (QED) is 0.453. The molecule has 2 fully saturated rings. The first-order chi connectivity index (χ1) is 17.4. The zero-order valence-electron chi connectivity index (χ0n) is 20.1. The molecule has 1 saturated heterocycles. The van der Waals surface area contributed by atoms with Gasteiger partial charge in [0.1, 0.15) is 0 Å². The highest BCUT2D eigenvalue weighted by Crippen LogP contribution is 2.33. The Morgan fingerprint density at radius 1 is 0.889 bits per heavy atom. The molecule has 1 saturated carbocycles. The third-order valence-electron chi connectivity index (χ3n) is 6.91. The molecule has 0 bridgehead atoms. The Bertz CT molecular complexity index is 1340. The minimum Gasteiger partial charge on any atom is -0.332 e. The zero-order chi connectivity index (χ0) is 25.1. The molecule has 0 radical (unpaired) electrons. The molecule has 1 heterocycles. The Morgan fingerprint density at radius 3 is 2.25 bits per heavy atom. The van der Waals surface area contributed by atoms with Crippen LogP contribution in [0.4, 0.5) is 5.69 Å². The van der Waals surface area contributed by atoms with Gasteiger partial charge in [0.25, 0.3) is 5.91 Å². The second kappa shape index (κ2) is 10.3. The maximum atomic E-state index is 13.2. The Hall–Kier alpha value is -3.45. The molecule has 2 amide bonds. The average Bonchev–Trinajstić information content (AvgIpc) is 3.54. The number of sulfone groups is 1. The average molecular weight is 505 g/mol. The monoisotopic (exact) mass is 504 g/mol. The number of hydrogen-bond acceptors (Lipinski definition) is 4. The fourth-order valence-corrected chi connectivity index (χ4v) is 6.49. The summed E-state index contributed by atoms with van der Waals surface area (Å²) in [4.78, 5) is 27.9. The molecule has 1 atom stereocenters. The molecule has 1 aliphatic carbocycles. The number of nitrogens with one attached hydrogen (secondary N) is 1. The molecule has 2 aliphatic rings. The first-order valence-corrected chi connectivity index (χ1v) is 14.1. The van der Waals surface area contributed by atoms with Crippen LogP contribution in [0.15, 0.2) is 83.8 Å². The maximum absolute atomic E-state index is 13.2. The van der Waals surface area contributed by atoms with Crippen molar-refractivity contribution in [2.75, 3.05) is 17.6 Å². The van der Waals surface area contributed by atoms with Gasteiger partial charge in [-0.1, -0.05) is 42.5 Å². The van der Waals surface area contributed by atoms with Gasteiger partial charge >= 0.3 is 0 Å². The van der Waals surface area contributed by atoms with Gasteiger partial charge in [-0.15, -0.1) is 0 Å². The molecule has 3 aromatic carbocycles. The van der Waals surface area contributed by atoms with E-state index in [1.165, 1.54) is 0 Å². The van der Waals surface area contributed by atoms with Gasteiger partial charge < -0.3 is 10.2 Å². The molecule has 0 aromatic heterocycles. The molecular formula is C29H32N2O4S. The van der Waals surface area contributed by atoms with Crippen LogP contribution in [0.25, 0.3) is 0 Å². The van der Waals surface area contributed by atoms with Crippen molar-refractivity contribution in [3.8, 4) is 0 Å². The van der Waals surface area contributed by atoms with Gasteiger partial charge in [0.05, 0.1) is 23.1 Å². The summed E-state index contributed by atoms with van der Waals surface area (Å²) < 4.78 is 24.8. The second-order valence-electron chi connectivity index (χ2n) is 9.74. The van der Waals surface area contributed by atoms with Crippen LogP contribution in [0.1, 0.15) is 54.6 Å². The highest BCUT2D eigenvalue weighted by atomic mass is 32.2. The van der Waals surface area contributed by atoms with E-state index < -0.39 is 9.84 Å². The Kier molecular flexibility index (Phi) is 6.92. The number of anilines is 1. The molecule has 7 heteroatoms. The van der Waals surface area contributed by atoms with Crippen molar-refractivity contribution in [2.24, 2.45) is 5.92 Å². The summed E-state index contributed by atoms with van der Waals surface area (Å²) in [7, 11) is -3.26. The molecule has 5 rings (SSSR count). The third kappa shape index (κ3) is 5.68. The normalized spacial score (nSPS) is 17.7. The number of benzene rings is 3. The highest BCUT2D eigenvalue weighted by Gasteiger charge is 2.31. The van der Waals surface area contributed by atoms with E-state index in [0.717, 1.165) is 43.4 Å². The standard InChI is InChI=1S/C29H30N2O4S.H2/c32-28(19-21-10-16-26(17-11-21)36(34,35)20-22-8-9-22)30-25-14-12-24(13-15-25)29(33)31-18-4-7-27(31)23-5-2-1-3-6-23;/h1-3,5-6,10-17,22,27H,4,7-9,18-20H2,(H,30,32);1H. The molecule has 36 heavy (non-hydrogen) atoms. The first kappa shape index (κ1) is 24.3. The van der Waals surface area contributed by atoms with Gasteiger partial charge in [-0.3, -0.25) is 9.59 Å². The first-order valence-electron chi connectivity index (χ1n) is 12.5.